The molecule has 1 aromatic heterocycles. The van der Waals surface area contributed by atoms with Crippen molar-refractivity contribution >= 4 is 19.0 Å². The third kappa shape index (κ3) is 3.68. The molecule has 0 amide bonds. The number of benzene rings is 1. The summed E-state index contributed by atoms with van der Waals surface area (Å²) in [6.45, 7) is 2.12. The van der Waals surface area contributed by atoms with Crippen molar-refractivity contribution < 1.29 is 17.8 Å². The summed E-state index contributed by atoms with van der Waals surface area (Å²) in [6.07, 6.45) is 6.15. The van der Waals surface area contributed by atoms with Crippen LogP contribution in [0, 0.1) is 0 Å². The maximum Gasteiger partial charge on any atom is 0.0701 e. The predicted molar refractivity (Wildman–Crippen MR) is 104 cm³/mol. The Kier molecular flexibility index (Phi) is 6.49. The smallest absolute Gasteiger partial charge is 0.0701 e. The van der Waals surface area contributed by atoms with Crippen LogP contribution in [0.5, 0.6) is 0 Å². The molecule has 0 N–H and O–H groups in total. The van der Waals surface area contributed by atoms with Gasteiger partial charge in [0.25, 0.3) is 0 Å². The number of hydrogen-bond acceptors (Lipinski definition) is 5. The van der Waals surface area contributed by atoms with E-state index in [1.165, 1.54) is 5.39 Å². The molecule has 25 heavy (non-hydrogen) atoms. The van der Waals surface area contributed by atoms with Crippen molar-refractivity contribution in [3.8, 4) is 0 Å². The molecule has 1 aliphatic heterocycles. The molecular formula is C18H29N3O3P+. The zero-order valence-electron chi connectivity index (χ0n) is 15.8. The minimum Gasteiger partial charge on any atom is -0.256 e. The molecule has 6 nitrogen and oxygen atoms in total. The maximum atomic E-state index is 5.53. The van der Waals surface area contributed by atoms with E-state index in [0.717, 1.165) is 5.52 Å². The normalized spacial score (nSPS) is 23.4. The molecule has 0 fully saturated rings. The molecule has 0 radical (unpaired) electrons. The molecule has 2 aromatic rings. The Labute approximate surface area is 150 Å². The van der Waals surface area contributed by atoms with E-state index in [1.807, 2.05) is 43.7 Å². The summed E-state index contributed by atoms with van der Waals surface area (Å²) < 4.78 is 17.1. The molecule has 3 rings (SSSR count). The Bertz CT molecular complexity index is 650. The first-order valence-electron chi connectivity index (χ1n) is 8.16. The van der Waals surface area contributed by atoms with Gasteiger partial charge in [-0.3, -0.25) is 4.98 Å². The van der Waals surface area contributed by atoms with E-state index in [1.54, 1.807) is 21.3 Å². The van der Waals surface area contributed by atoms with Crippen LogP contribution in [0.3, 0.4) is 0 Å². The number of para-hydroxylation sites is 1. The van der Waals surface area contributed by atoms with Crippen LogP contribution in [-0.4, -0.2) is 55.7 Å². The fourth-order valence-electron chi connectivity index (χ4n) is 3.05. The van der Waals surface area contributed by atoms with Crippen LogP contribution >= 0.6 is 8.09 Å². The average Bonchev–Trinajstić information content (AvgIpc) is 2.93. The summed E-state index contributed by atoms with van der Waals surface area (Å²) in [5, 5.41) is 1.20. The molecule has 2 unspecified atom stereocenters. The van der Waals surface area contributed by atoms with Gasteiger partial charge in [0, 0.05) is 11.6 Å². The van der Waals surface area contributed by atoms with E-state index in [0.29, 0.717) is 4.25 Å². The van der Waals surface area contributed by atoms with Gasteiger partial charge in [-0.1, -0.05) is 24.3 Å². The average molecular weight is 366 g/mol. The SMILES string of the molecule is CO[PH](OC)(OC)[N+]1(C)C=CN(C)C1C.c1ccc2ncccc2c1. The molecule has 0 spiro atoms. The van der Waals surface area contributed by atoms with Crippen LogP contribution < -0.4 is 0 Å². The predicted octanol–water partition coefficient (Wildman–Crippen LogP) is 3.78. The maximum absolute atomic E-state index is 5.53. The van der Waals surface area contributed by atoms with Crippen molar-refractivity contribution in [1.82, 2.24) is 9.88 Å². The van der Waals surface area contributed by atoms with Crippen LogP contribution in [0.2, 0.25) is 0 Å². The first kappa shape index (κ1) is 19.8. The van der Waals surface area contributed by atoms with Crippen LogP contribution in [0.4, 0.5) is 0 Å². The van der Waals surface area contributed by atoms with Gasteiger partial charge in [-0.15, -0.1) is 0 Å². The number of quaternary nitrogens is 1. The molecule has 0 aliphatic carbocycles. The number of hydrogen-bond donors (Lipinski definition) is 0. The number of pyridine rings is 1. The van der Waals surface area contributed by atoms with Crippen LogP contribution in [0.15, 0.2) is 55.0 Å². The van der Waals surface area contributed by atoms with Crippen molar-refractivity contribution in [2.45, 2.75) is 13.1 Å². The zero-order valence-corrected chi connectivity index (χ0v) is 16.8. The first-order chi connectivity index (χ1) is 11.9. The minimum atomic E-state index is -2.70. The van der Waals surface area contributed by atoms with Gasteiger partial charge in [-0.25, -0.2) is 0 Å². The Morgan fingerprint density at radius 2 is 1.64 bits per heavy atom. The number of rotatable bonds is 4. The van der Waals surface area contributed by atoms with Crippen LogP contribution in [-0.2, 0) is 13.6 Å². The summed E-state index contributed by atoms with van der Waals surface area (Å²) in [5.74, 6) is 0. The summed E-state index contributed by atoms with van der Waals surface area (Å²) in [7, 11) is 6.31. The van der Waals surface area contributed by atoms with E-state index in [9.17, 15) is 0 Å². The molecule has 0 saturated heterocycles. The fraction of sp³-hybridized carbons (Fsp3) is 0.389. The summed E-state index contributed by atoms with van der Waals surface area (Å²) in [6, 6.07) is 12.1. The van der Waals surface area contributed by atoms with Gasteiger partial charge < -0.3 is 0 Å². The molecule has 2 atom stereocenters. The summed E-state index contributed by atoms with van der Waals surface area (Å²) in [4.78, 5) is 6.31. The standard InChI is InChI=1S/C9H22N2O3P.C9H7N/c1-9-10(2)7-8-11(9,3)15(12-4,13-5)14-6;1-2-6-9-8(4-1)5-3-7-10-9/h7-9,15H,1-6H3;1-7H/q+1;. The Morgan fingerprint density at radius 1 is 1.04 bits per heavy atom. The summed E-state index contributed by atoms with van der Waals surface area (Å²) in [5.41, 5.74) is 1.06. The molecule has 0 saturated carbocycles. The first-order valence-corrected chi connectivity index (χ1v) is 9.84. The molecule has 0 bridgehead atoms. The van der Waals surface area contributed by atoms with E-state index >= 15 is 0 Å². The largest absolute Gasteiger partial charge is 0.256 e. The second-order valence-corrected chi connectivity index (χ2v) is 9.31. The molecule has 1 aromatic carbocycles. The number of aromatic nitrogens is 1. The monoisotopic (exact) mass is 366 g/mol. The van der Waals surface area contributed by atoms with Gasteiger partial charge >= 0.3 is 91.7 Å². The summed E-state index contributed by atoms with van der Waals surface area (Å²) >= 11 is 0. The van der Waals surface area contributed by atoms with Crippen molar-refractivity contribution in [2.24, 2.45) is 0 Å². The van der Waals surface area contributed by atoms with E-state index in [4.69, 9.17) is 13.6 Å². The quantitative estimate of drug-likeness (QED) is 0.771. The Hall–Kier alpha value is -1.56. The minimum absolute atomic E-state index is 0.247. The van der Waals surface area contributed by atoms with Crippen molar-refractivity contribution in [1.29, 1.82) is 0 Å². The van der Waals surface area contributed by atoms with E-state index < -0.39 is 8.09 Å². The fourth-order valence-corrected chi connectivity index (χ4v) is 5.62. The van der Waals surface area contributed by atoms with Gasteiger partial charge in [0.2, 0.25) is 0 Å². The topological polar surface area (TPSA) is 43.8 Å². The molecule has 7 heteroatoms. The van der Waals surface area contributed by atoms with Gasteiger partial charge in [0.1, 0.15) is 0 Å². The van der Waals surface area contributed by atoms with Crippen molar-refractivity contribution in [3.05, 3.63) is 55.0 Å². The second-order valence-electron chi connectivity index (χ2n) is 6.08. The van der Waals surface area contributed by atoms with Gasteiger partial charge in [-0.05, 0) is 12.1 Å². The van der Waals surface area contributed by atoms with Crippen LogP contribution in [0.25, 0.3) is 10.9 Å². The van der Waals surface area contributed by atoms with Gasteiger partial charge in [0.15, 0.2) is 0 Å². The Balaban J connectivity index is 0.000000194. The van der Waals surface area contributed by atoms with E-state index in [-0.39, 0.29) is 6.17 Å². The zero-order chi connectivity index (χ0) is 18.5. The second kappa shape index (κ2) is 8.21. The van der Waals surface area contributed by atoms with Gasteiger partial charge in [-0.2, -0.15) is 0 Å². The third-order valence-corrected chi connectivity index (χ3v) is 8.10. The number of nitrogens with zero attached hydrogens (tertiary/aromatic N) is 3. The van der Waals surface area contributed by atoms with Crippen molar-refractivity contribution in [2.75, 3.05) is 35.4 Å². The molecule has 2 heterocycles. The Morgan fingerprint density at radius 3 is 2.16 bits per heavy atom. The van der Waals surface area contributed by atoms with Gasteiger partial charge in [0.05, 0.1) is 5.52 Å². The van der Waals surface area contributed by atoms with Crippen molar-refractivity contribution in [3.63, 3.8) is 0 Å². The molecular weight excluding hydrogens is 337 g/mol. The van der Waals surface area contributed by atoms with Crippen LogP contribution in [0.1, 0.15) is 6.92 Å². The van der Waals surface area contributed by atoms with E-state index in [2.05, 4.69) is 42.2 Å². The number of fused-ring (bicyclic) bond motifs is 1. The molecule has 1 aliphatic rings. The third-order valence-electron chi connectivity index (χ3n) is 4.85. The molecule has 138 valence electrons.